The minimum Gasteiger partial charge on any atom is -0.493 e. The number of alkyl halides is 2. The molecule has 2 N–H and O–H groups in total. The number of anilines is 1. The molecule has 10 heteroatoms. The first-order valence-electron chi connectivity index (χ1n) is 5.54. The maximum absolute atomic E-state index is 12.2. The van der Waals surface area contributed by atoms with Gasteiger partial charge in [-0.3, -0.25) is 9.52 Å². The number of sulfonamides is 1. The van der Waals surface area contributed by atoms with Crippen LogP contribution in [0.2, 0.25) is 0 Å². The normalized spacial score (nSPS) is 12.8. The summed E-state index contributed by atoms with van der Waals surface area (Å²) in [5.41, 5.74) is -0.125. The summed E-state index contributed by atoms with van der Waals surface area (Å²) in [4.78, 5) is 10.7. The Morgan fingerprint density at radius 1 is 1.33 bits per heavy atom. The van der Waals surface area contributed by atoms with E-state index in [2.05, 4.69) is 4.74 Å². The Morgan fingerprint density at radius 3 is 2.43 bits per heavy atom. The predicted octanol–water partition coefficient (Wildman–Crippen LogP) is 1.51. The number of hydrogen-bond donors (Lipinski definition) is 2. The molecular weight excluding hydrogens is 312 g/mol. The quantitative estimate of drug-likeness (QED) is 0.788. The van der Waals surface area contributed by atoms with Crippen LogP contribution in [-0.4, -0.2) is 38.5 Å². The van der Waals surface area contributed by atoms with Crippen molar-refractivity contribution in [1.29, 1.82) is 0 Å². The molecule has 0 aliphatic carbocycles. The van der Waals surface area contributed by atoms with E-state index in [1.54, 1.807) is 0 Å². The zero-order valence-corrected chi connectivity index (χ0v) is 11.9. The number of nitrogens with one attached hydrogen (secondary N) is 1. The van der Waals surface area contributed by atoms with Crippen LogP contribution in [0.3, 0.4) is 0 Å². The lowest BCUT2D eigenvalue weighted by Crippen LogP contribution is -2.32. The van der Waals surface area contributed by atoms with Gasteiger partial charge in [-0.05, 0) is 19.1 Å². The van der Waals surface area contributed by atoms with E-state index in [0.29, 0.717) is 0 Å². The van der Waals surface area contributed by atoms with E-state index in [4.69, 9.17) is 9.84 Å². The van der Waals surface area contributed by atoms with Crippen LogP contribution in [0.4, 0.5) is 14.5 Å². The SMILES string of the molecule is COc1ccc(NS(=O)(=O)C(C)C(=O)O)cc1OC(F)F. The molecule has 0 heterocycles. The highest BCUT2D eigenvalue weighted by atomic mass is 32.2. The second kappa shape index (κ2) is 6.57. The zero-order chi connectivity index (χ0) is 16.2. The highest BCUT2D eigenvalue weighted by Gasteiger charge is 2.28. The summed E-state index contributed by atoms with van der Waals surface area (Å²) in [6.07, 6.45) is 0. The molecule has 0 aliphatic rings. The third-order valence-electron chi connectivity index (χ3n) is 2.45. The van der Waals surface area contributed by atoms with Crippen molar-refractivity contribution in [3.8, 4) is 11.5 Å². The van der Waals surface area contributed by atoms with Crippen LogP contribution < -0.4 is 14.2 Å². The van der Waals surface area contributed by atoms with Gasteiger partial charge in [-0.15, -0.1) is 0 Å². The molecule has 1 unspecified atom stereocenters. The first-order valence-corrected chi connectivity index (χ1v) is 7.09. The van der Waals surface area contributed by atoms with Gasteiger partial charge in [-0.2, -0.15) is 8.78 Å². The van der Waals surface area contributed by atoms with Gasteiger partial charge in [0.2, 0.25) is 10.0 Å². The summed E-state index contributed by atoms with van der Waals surface area (Å²) in [6, 6.07) is 3.40. The first kappa shape index (κ1) is 17.0. The van der Waals surface area contributed by atoms with Crippen molar-refractivity contribution in [3.63, 3.8) is 0 Å². The largest absolute Gasteiger partial charge is 0.493 e. The summed E-state index contributed by atoms with van der Waals surface area (Å²) in [5.74, 6) is -1.94. The lowest BCUT2D eigenvalue weighted by Gasteiger charge is -2.14. The number of carboxylic acid groups (broad SMARTS) is 1. The van der Waals surface area contributed by atoms with E-state index in [-0.39, 0.29) is 17.2 Å². The zero-order valence-electron chi connectivity index (χ0n) is 11.0. The molecule has 1 aromatic rings. The van der Waals surface area contributed by atoms with Crippen molar-refractivity contribution in [3.05, 3.63) is 18.2 Å². The van der Waals surface area contributed by atoms with Crippen LogP contribution in [0.15, 0.2) is 18.2 Å². The Hall–Kier alpha value is -2.10. The summed E-state index contributed by atoms with van der Waals surface area (Å²) in [6.45, 7) is -2.14. The van der Waals surface area contributed by atoms with Crippen LogP contribution in [0, 0.1) is 0 Å². The fourth-order valence-electron chi connectivity index (χ4n) is 1.31. The number of carboxylic acids is 1. The van der Waals surface area contributed by atoms with Gasteiger partial charge in [0.1, 0.15) is 0 Å². The number of carbonyl (C=O) groups is 1. The fraction of sp³-hybridized carbons (Fsp3) is 0.364. The van der Waals surface area contributed by atoms with Gasteiger partial charge >= 0.3 is 12.6 Å². The van der Waals surface area contributed by atoms with Crippen LogP contribution in [0.25, 0.3) is 0 Å². The van der Waals surface area contributed by atoms with Crippen LogP contribution in [0.1, 0.15) is 6.92 Å². The average Bonchev–Trinajstić information content (AvgIpc) is 2.36. The predicted molar refractivity (Wildman–Crippen MR) is 69.3 cm³/mol. The molecule has 1 rings (SSSR count). The summed E-state index contributed by atoms with van der Waals surface area (Å²) in [5, 5.41) is 6.98. The monoisotopic (exact) mass is 325 g/mol. The summed E-state index contributed by atoms with van der Waals surface area (Å²) >= 11 is 0. The maximum atomic E-state index is 12.2. The molecule has 0 aliphatic heterocycles. The van der Waals surface area contributed by atoms with E-state index in [1.165, 1.54) is 19.2 Å². The molecule has 21 heavy (non-hydrogen) atoms. The molecule has 0 amide bonds. The Kier molecular flexibility index (Phi) is 5.30. The molecular formula is C11H13F2NO6S. The van der Waals surface area contributed by atoms with Crippen molar-refractivity contribution in [2.45, 2.75) is 18.8 Å². The van der Waals surface area contributed by atoms with Crippen molar-refractivity contribution in [2.24, 2.45) is 0 Å². The summed E-state index contributed by atoms with van der Waals surface area (Å²) < 4.78 is 58.9. The highest BCUT2D eigenvalue weighted by molar-refractivity contribution is 7.94. The van der Waals surface area contributed by atoms with Gasteiger partial charge in [0, 0.05) is 6.07 Å². The number of ether oxygens (including phenoxy) is 2. The minimum atomic E-state index is -4.21. The molecule has 0 spiro atoms. The number of methoxy groups -OCH3 is 1. The number of aliphatic carboxylic acids is 1. The molecule has 0 radical (unpaired) electrons. The summed E-state index contributed by atoms with van der Waals surface area (Å²) in [7, 11) is -2.98. The lowest BCUT2D eigenvalue weighted by atomic mass is 10.3. The maximum Gasteiger partial charge on any atom is 0.387 e. The van der Waals surface area contributed by atoms with Gasteiger partial charge in [0.05, 0.1) is 12.8 Å². The molecule has 0 saturated carbocycles. The fourth-order valence-corrected chi connectivity index (χ4v) is 2.21. The number of benzene rings is 1. The molecule has 0 aromatic heterocycles. The smallest absolute Gasteiger partial charge is 0.387 e. The van der Waals surface area contributed by atoms with E-state index >= 15 is 0 Å². The van der Waals surface area contributed by atoms with Gasteiger partial charge in [0.15, 0.2) is 16.7 Å². The highest BCUT2D eigenvalue weighted by Crippen LogP contribution is 2.32. The van der Waals surface area contributed by atoms with E-state index in [9.17, 15) is 22.0 Å². The van der Waals surface area contributed by atoms with Gasteiger partial charge < -0.3 is 14.6 Å². The second-order valence-corrected chi connectivity index (χ2v) is 5.87. The molecule has 7 nitrogen and oxygen atoms in total. The number of halogens is 2. The Balaban J connectivity index is 3.07. The molecule has 0 fully saturated rings. The van der Waals surface area contributed by atoms with Crippen molar-refractivity contribution in [2.75, 3.05) is 11.8 Å². The topological polar surface area (TPSA) is 102 Å². The van der Waals surface area contributed by atoms with E-state index in [1.807, 2.05) is 4.72 Å². The second-order valence-electron chi connectivity index (χ2n) is 3.87. The Labute approximate surface area is 119 Å². The Bertz CT molecular complexity index is 619. The van der Waals surface area contributed by atoms with Gasteiger partial charge in [-0.25, -0.2) is 8.42 Å². The standard InChI is InChI=1S/C11H13F2NO6S/c1-6(10(15)16)21(17,18)14-7-3-4-8(19-2)9(5-7)20-11(12)13/h3-6,11,14H,1-2H3,(H,15,16). The molecule has 1 atom stereocenters. The number of hydrogen-bond acceptors (Lipinski definition) is 5. The molecule has 1 aromatic carbocycles. The van der Waals surface area contributed by atoms with Gasteiger partial charge in [0.25, 0.3) is 0 Å². The molecule has 118 valence electrons. The van der Waals surface area contributed by atoms with Crippen molar-refractivity contribution >= 4 is 21.7 Å². The number of rotatable bonds is 7. The Morgan fingerprint density at radius 2 is 1.95 bits per heavy atom. The molecule has 0 saturated heterocycles. The van der Waals surface area contributed by atoms with Gasteiger partial charge in [-0.1, -0.05) is 0 Å². The van der Waals surface area contributed by atoms with Crippen LogP contribution >= 0.6 is 0 Å². The van der Waals surface area contributed by atoms with Crippen molar-refractivity contribution in [1.82, 2.24) is 0 Å². The van der Waals surface area contributed by atoms with Crippen molar-refractivity contribution < 1.29 is 36.6 Å². The third-order valence-corrected chi connectivity index (χ3v) is 4.11. The lowest BCUT2D eigenvalue weighted by molar-refractivity contribution is -0.136. The average molecular weight is 325 g/mol. The third kappa shape index (κ3) is 4.45. The minimum absolute atomic E-state index is 0.0236. The van der Waals surface area contributed by atoms with Crippen LogP contribution in [0.5, 0.6) is 11.5 Å². The molecule has 0 bridgehead atoms. The first-order chi connectivity index (χ1) is 9.67. The van der Waals surface area contributed by atoms with Crippen LogP contribution in [-0.2, 0) is 14.8 Å². The van der Waals surface area contributed by atoms with E-state index in [0.717, 1.165) is 13.0 Å². The van der Waals surface area contributed by atoms with E-state index < -0.39 is 27.9 Å².